The molecule has 1 heterocycles. The molecule has 0 aromatic heterocycles. The minimum Gasteiger partial charge on any atom is -0.360 e. The SMILES string of the molecule is O=C(C[NH+]1CCN(c2ccc(Cl)cc2)CC1)Nc1ccc(Cl)c(C(F)(F)F)c1. The van der Waals surface area contributed by atoms with Crippen molar-refractivity contribution in [1.82, 2.24) is 0 Å². The van der Waals surface area contributed by atoms with Crippen molar-refractivity contribution in [3.63, 3.8) is 0 Å². The Morgan fingerprint density at radius 1 is 1.07 bits per heavy atom. The van der Waals surface area contributed by atoms with Gasteiger partial charge in [-0.05, 0) is 42.5 Å². The number of rotatable bonds is 4. The van der Waals surface area contributed by atoms with Crippen LogP contribution >= 0.6 is 23.2 Å². The summed E-state index contributed by atoms with van der Waals surface area (Å²) in [6, 6.07) is 10.9. The first-order chi connectivity index (χ1) is 13.2. The van der Waals surface area contributed by atoms with Crippen molar-refractivity contribution in [2.75, 3.05) is 42.9 Å². The van der Waals surface area contributed by atoms with Crippen LogP contribution in [0.15, 0.2) is 42.5 Å². The number of halogens is 5. The van der Waals surface area contributed by atoms with Gasteiger partial charge in [0.25, 0.3) is 5.91 Å². The summed E-state index contributed by atoms with van der Waals surface area (Å²) in [7, 11) is 0. The topological polar surface area (TPSA) is 36.8 Å². The predicted molar refractivity (Wildman–Crippen MR) is 104 cm³/mol. The monoisotopic (exact) mass is 432 g/mol. The molecule has 150 valence electrons. The summed E-state index contributed by atoms with van der Waals surface area (Å²) in [4.78, 5) is 15.5. The highest BCUT2D eigenvalue weighted by Crippen LogP contribution is 2.36. The van der Waals surface area contributed by atoms with Crippen LogP contribution in [0.2, 0.25) is 10.0 Å². The number of anilines is 2. The number of alkyl halides is 3. The van der Waals surface area contributed by atoms with E-state index in [1.54, 1.807) is 0 Å². The largest absolute Gasteiger partial charge is 0.417 e. The summed E-state index contributed by atoms with van der Waals surface area (Å²) in [6.45, 7) is 3.26. The molecule has 1 aliphatic rings. The Hall–Kier alpha value is -1.96. The van der Waals surface area contributed by atoms with Crippen LogP contribution in [0.4, 0.5) is 24.5 Å². The van der Waals surface area contributed by atoms with E-state index in [4.69, 9.17) is 23.2 Å². The fraction of sp³-hybridized carbons (Fsp3) is 0.316. The minimum absolute atomic E-state index is 0.0842. The van der Waals surface area contributed by atoms with Crippen LogP contribution in [-0.4, -0.2) is 38.6 Å². The van der Waals surface area contributed by atoms with Crippen LogP contribution < -0.4 is 15.1 Å². The molecule has 4 nitrogen and oxygen atoms in total. The molecule has 28 heavy (non-hydrogen) atoms. The Morgan fingerprint density at radius 3 is 2.32 bits per heavy atom. The number of carbonyl (C=O) groups excluding carboxylic acids is 1. The van der Waals surface area contributed by atoms with Crippen molar-refractivity contribution < 1.29 is 22.9 Å². The molecular weight excluding hydrogens is 414 g/mol. The van der Waals surface area contributed by atoms with Gasteiger partial charge < -0.3 is 15.1 Å². The number of quaternary nitrogens is 1. The Kier molecular flexibility index (Phi) is 6.37. The molecular formula is C19H19Cl2F3N3O+. The number of hydrogen-bond donors (Lipinski definition) is 2. The van der Waals surface area contributed by atoms with Gasteiger partial charge in [0.15, 0.2) is 6.54 Å². The second-order valence-corrected chi connectivity index (χ2v) is 7.47. The van der Waals surface area contributed by atoms with E-state index in [0.29, 0.717) is 5.02 Å². The maximum Gasteiger partial charge on any atom is 0.417 e. The van der Waals surface area contributed by atoms with E-state index >= 15 is 0 Å². The molecule has 1 fully saturated rings. The number of benzene rings is 2. The average Bonchev–Trinajstić information content (AvgIpc) is 2.64. The van der Waals surface area contributed by atoms with Gasteiger partial charge in [0.05, 0.1) is 36.8 Å². The molecule has 1 amide bonds. The highest BCUT2D eigenvalue weighted by Gasteiger charge is 2.33. The number of carbonyl (C=O) groups is 1. The molecule has 1 saturated heterocycles. The zero-order valence-electron chi connectivity index (χ0n) is 14.8. The van der Waals surface area contributed by atoms with Crippen molar-refractivity contribution in [3.05, 3.63) is 58.1 Å². The maximum absolute atomic E-state index is 12.9. The molecule has 2 aromatic carbocycles. The summed E-state index contributed by atoms with van der Waals surface area (Å²) in [6.07, 6.45) is -4.57. The molecule has 1 aliphatic heterocycles. The highest BCUT2D eigenvalue weighted by atomic mass is 35.5. The molecule has 0 radical (unpaired) electrons. The Labute approximate surface area is 170 Å². The van der Waals surface area contributed by atoms with Crippen molar-refractivity contribution in [2.45, 2.75) is 6.18 Å². The van der Waals surface area contributed by atoms with Crippen molar-refractivity contribution in [1.29, 1.82) is 0 Å². The molecule has 3 rings (SSSR count). The van der Waals surface area contributed by atoms with E-state index in [-0.39, 0.29) is 18.1 Å². The minimum atomic E-state index is -4.57. The summed E-state index contributed by atoms with van der Waals surface area (Å²) < 4.78 is 38.8. The van der Waals surface area contributed by atoms with E-state index in [9.17, 15) is 18.0 Å². The second kappa shape index (κ2) is 8.59. The third kappa shape index (κ3) is 5.31. The zero-order chi connectivity index (χ0) is 20.3. The molecule has 0 atom stereocenters. The lowest BCUT2D eigenvalue weighted by Gasteiger charge is -2.33. The fourth-order valence-corrected chi connectivity index (χ4v) is 3.51. The van der Waals surface area contributed by atoms with Crippen molar-refractivity contribution in [2.24, 2.45) is 0 Å². The number of nitrogens with one attached hydrogen (secondary N) is 2. The maximum atomic E-state index is 12.9. The lowest BCUT2D eigenvalue weighted by Crippen LogP contribution is -3.15. The molecule has 0 saturated carbocycles. The van der Waals surface area contributed by atoms with Gasteiger partial charge >= 0.3 is 6.18 Å². The first kappa shape index (κ1) is 20.8. The smallest absolute Gasteiger partial charge is 0.360 e. The molecule has 9 heteroatoms. The van der Waals surface area contributed by atoms with Crippen molar-refractivity contribution in [3.8, 4) is 0 Å². The van der Waals surface area contributed by atoms with Gasteiger partial charge in [0, 0.05) is 16.4 Å². The fourth-order valence-electron chi connectivity index (χ4n) is 3.16. The standard InChI is InChI=1S/C19H18Cl2F3N3O/c20-13-1-4-15(5-2-13)27-9-7-26(8-10-27)12-18(28)25-14-3-6-17(21)16(11-14)19(22,23)24/h1-6,11H,7-10,12H2,(H,25,28)/p+1. The molecule has 0 bridgehead atoms. The van der Waals surface area contributed by atoms with Crippen LogP contribution in [0.3, 0.4) is 0 Å². The van der Waals surface area contributed by atoms with Gasteiger partial charge in [-0.15, -0.1) is 0 Å². The Balaban J connectivity index is 1.53. The van der Waals surface area contributed by atoms with Crippen LogP contribution in [0.5, 0.6) is 0 Å². The zero-order valence-corrected chi connectivity index (χ0v) is 16.3. The molecule has 0 unspecified atom stereocenters. The summed E-state index contributed by atoms with van der Waals surface area (Å²) in [5, 5.41) is 2.82. The van der Waals surface area contributed by atoms with E-state index < -0.39 is 16.8 Å². The summed E-state index contributed by atoms with van der Waals surface area (Å²) in [5.74, 6) is -0.328. The van der Waals surface area contributed by atoms with Gasteiger partial charge in [0.2, 0.25) is 0 Å². The van der Waals surface area contributed by atoms with Crippen LogP contribution in [-0.2, 0) is 11.0 Å². The van der Waals surface area contributed by atoms with E-state index in [1.807, 2.05) is 24.3 Å². The van der Waals surface area contributed by atoms with Crippen LogP contribution in [0.25, 0.3) is 0 Å². The Morgan fingerprint density at radius 2 is 1.71 bits per heavy atom. The summed E-state index contributed by atoms with van der Waals surface area (Å²) in [5.41, 5.74) is 0.200. The van der Waals surface area contributed by atoms with Gasteiger partial charge in [-0.1, -0.05) is 23.2 Å². The Bertz CT molecular complexity index is 835. The van der Waals surface area contributed by atoms with Crippen LogP contribution in [0.1, 0.15) is 5.56 Å². The van der Waals surface area contributed by atoms with Crippen LogP contribution in [0, 0.1) is 0 Å². The van der Waals surface area contributed by atoms with Gasteiger partial charge in [-0.2, -0.15) is 13.2 Å². The molecule has 2 aromatic rings. The van der Waals surface area contributed by atoms with Gasteiger partial charge in [0.1, 0.15) is 0 Å². The summed E-state index contributed by atoms with van der Waals surface area (Å²) >= 11 is 11.5. The third-order valence-corrected chi connectivity index (χ3v) is 5.21. The molecule has 0 spiro atoms. The van der Waals surface area contributed by atoms with E-state index in [0.717, 1.165) is 48.9 Å². The second-order valence-electron chi connectivity index (χ2n) is 6.63. The number of nitrogens with zero attached hydrogens (tertiary/aromatic N) is 1. The first-order valence-corrected chi connectivity index (χ1v) is 9.48. The number of amides is 1. The highest BCUT2D eigenvalue weighted by molar-refractivity contribution is 6.31. The molecule has 2 N–H and O–H groups in total. The lowest BCUT2D eigenvalue weighted by molar-refractivity contribution is -0.892. The van der Waals surface area contributed by atoms with Gasteiger partial charge in [-0.3, -0.25) is 4.79 Å². The lowest BCUT2D eigenvalue weighted by atomic mass is 10.2. The average molecular weight is 433 g/mol. The normalized spacial score (nSPS) is 15.5. The van der Waals surface area contributed by atoms with Gasteiger partial charge in [-0.25, -0.2) is 0 Å². The van der Waals surface area contributed by atoms with E-state index in [1.165, 1.54) is 6.07 Å². The van der Waals surface area contributed by atoms with Crippen molar-refractivity contribution >= 4 is 40.5 Å². The number of piperazine rings is 1. The van der Waals surface area contributed by atoms with E-state index in [2.05, 4.69) is 10.2 Å². The third-order valence-electron chi connectivity index (χ3n) is 4.63. The first-order valence-electron chi connectivity index (χ1n) is 8.73. The number of hydrogen-bond acceptors (Lipinski definition) is 2. The molecule has 0 aliphatic carbocycles. The quantitative estimate of drug-likeness (QED) is 0.776. The predicted octanol–water partition coefficient (Wildman–Crippen LogP) is 3.36.